The van der Waals surface area contributed by atoms with Crippen molar-refractivity contribution in [3.8, 4) is 5.75 Å². The summed E-state index contributed by atoms with van der Waals surface area (Å²) in [5, 5.41) is 13.4. The van der Waals surface area contributed by atoms with Gasteiger partial charge in [0.05, 0.1) is 0 Å². The van der Waals surface area contributed by atoms with Crippen molar-refractivity contribution >= 4 is 0 Å². The van der Waals surface area contributed by atoms with Crippen LogP contribution in [0.3, 0.4) is 0 Å². The second-order valence-electron chi connectivity index (χ2n) is 8.96. The van der Waals surface area contributed by atoms with Gasteiger partial charge in [0.1, 0.15) is 18.5 Å². The van der Waals surface area contributed by atoms with Crippen LogP contribution in [-0.4, -0.2) is 30.4 Å². The van der Waals surface area contributed by atoms with Crippen molar-refractivity contribution in [2.45, 2.75) is 71.4 Å². The number of aliphatic hydroxyl groups excluding tert-OH is 1. The highest BCUT2D eigenvalue weighted by atomic mass is 16.5. The molecule has 3 nitrogen and oxygen atoms in total. The van der Waals surface area contributed by atoms with E-state index in [0.717, 1.165) is 5.75 Å². The molecule has 0 amide bonds. The lowest BCUT2D eigenvalue weighted by Crippen LogP contribution is -2.35. The third-order valence-corrected chi connectivity index (χ3v) is 6.16. The van der Waals surface area contributed by atoms with Crippen LogP contribution < -0.4 is 10.1 Å². The minimum Gasteiger partial charge on any atom is -0.491 e. The van der Waals surface area contributed by atoms with Crippen LogP contribution in [0.5, 0.6) is 5.75 Å². The predicted octanol–water partition coefficient (Wildman–Crippen LogP) is 4.11. The van der Waals surface area contributed by atoms with E-state index in [0.29, 0.717) is 35.9 Å². The molecule has 0 heterocycles. The quantitative estimate of drug-likeness (QED) is 0.790. The average Bonchev–Trinajstić information content (AvgIpc) is 2.99. The average molecular weight is 332 g/mol. The molecular weight excluding hydrogens is 298 g/mol. The van der Waals surface area contributed by atoms with E-state index in [2.05, 4.69) is 51.2 Å². The predicted molar refractivity (Wildman–Crippen MR) is 98.5 cm³/mol. The highest BCUT2D eigenvalue weighted by molar-refractivity contribution is 5.39. The van der Waals surface area contributed by atoms with Crippen LogP contribution in [0.15, 0.2) is 24.3 Å². The van der Waals surface area contributed by atoms with Crippen molar-refractivity contribution in [1.82, 2.24) is 5.32 Å². The van der Waals surface area contributed by atoms with E-state index in [1.165, 1.54) is 31.2 Å². The molecule has 3 heteroatoms. The molecule has 2 unspecified atom stereocenters. The van der Waals surface area contributed by atoms with E-state index < -0.39 is 6.10 Å². The van der Waals surface area contributed by atoms with Gasteiger partial charge in [0, 0.05) is 12.6 Å². The fraction of sp³-hybridized carbons (Fsp3) is 0.714. The summed E-state index contributed by atoms with van der Waals surface area (Å²) in [5.41, 5.74) is 2.26. The molecule has 1 aromatic rings. The highest BCUT2D eigenvalue weighted by Gasteiger charge is 2.55. The number of hydrogen-bond donors (Lipinski definition) is 2. The standard InChI is InChI=1S/C21H33NO2/c1-15(2)22-12-16(23)13-24-19-8-6-5-7-17(19)18-11-20(3)9-10-21(18,4)14-20/h5-8,15-16,18,22-23H,9-14H2,1-4H3/t16?,18?,20-,21-/m0/s1. The van der Waals surface area contributed by atoms with Crippen LogP contribution >= 0.6 is 0 Å². The third kappa shape index (κ3) is 3.62. The third-order valence-electron chi connectivity index (χ3n) is 6.16. The van der Waals surface area contributed by atoms with Gasteiger partial charge in [-0.05, 0) is 54.1 Å². The Kier molecular flexibility index (Phi) is 4.94. The minimum atomic E-state index is -0.478. The van der Waals surface area contributed by atoms with Crippen molar-refractivity contribution in [1.29, 1.82) is 0 Å². The summed E-state index contributed by atoms with van der Waals surface area (Å²) in [6, 6.07) is 8.83. The van der Waals surface area contributed by atoms with Gasteiger partial charge in [-0.15, -0.1) is 0 Å². The number of aliphatic hydroxyl groups is 1. The van der Waals surface area contributed by atoms with Gasteiger partial charge in [0.2, 0.25) is 0 Å². The molecule has 2 fully saturated rings. The highest BCUT2D eigenvalue weighted by Crippen LogP contribution is 2.67. The van der Waals surface area contributed by atoms with Crippen LogP contribution in [0.25, 0.3) is 0 Å². The zero-order valence-electron chi connectivity index (χ0n) is 15.6. The van der Waals surface area contributed by atoms with Gasteiger partial charge in [-0.2, -0.15) is 0 Å². The number of fused-ring (bicyclic) bond motifs is 2. The van der Waals surface area contributed by atoms with Gasteiger partial charge in [-0.3, -0.25) is 0 Å². The first-order valence-electron chi connectivity index (χ1n) is 9.45. The van der Waals surface area contributed by atoms with E-state index >= 15 is 0 Å². The number of rotatable bonds is 7. The number of benzene rings is 1. The summed E-state index contributed by atoms with van der Waals surface area (Å²) in [6.45, 7) is 9.98. The molecule has 134 valence electrons. The minimum absolute atomic E-state index is 0.345. The first-order valence-corrected chi connectivity index (χ1v) is 9.45. The maximum absolute atomic E-state index is 10.1. The molecular formula is C21H33NO2. The molecule has 24 heavy (non-hydrogen) atoms. The van der Waals surface area contributed by atoms with E-state index in [4.69, 9.17) is 4.74 Å². The Balaban J connectivity index is 1.68. The molecule has 2 bridgehead atoms. The van der Waals surface area contributed by atoms with E-state index in [1.807, 2.05) is 6.07 Å². The summed E-state index contributed by atoms with van der Waals surface area (Å²) in [6.07, 6.45) is 4.81. The first-order chi connectivity index (χ1) is 11.3. The van der Waals surface area contributed by atoms with Crippen LogP contribution in [0.4, 0.5) is 0 Å². The molecule has 3 rings (SSSR count). The number of para-hydroxylation sites is 1. The van der Waals surface area contributed by atoms with E-state index in [-0.39, 0.29) is 0 Å². The monoisotopic (exact) mass is 331 g/mol. The molecule has 1 aromatic carbocycles. The lowest BCUT2D eigenvalue weighted by atomic mass is 9.71. The summed E-state index contributed by atoms with van der Waals surface area (Å²) in [4.78, 5) is 0. The molecule has 0 aliphatic heterocycles. The molecule has 2 N–H and O–H groups in total. The maximum Gasteiger partial charge on any atom is 0.122 e. The van der Waals surface area contributed by atoms with Crippen LogP contribution in [-0.2, 0) is 0 Å². The topological polar surface area (TPSA) is 41.5 Å². The summed E-state index contributed by atoms with van der Waals surface area (Å²) < 4.78 is 6.04. The van der Waals surface area contributed by atoms with Crippen molar-refractivity contribution < 1.29 is 9.84 Å². The SMILES string of the molecule is CC(C)NCC(O)COc1ccccc1C1C[C@]2(C)CC[C@@]1(C)C2. The summed E-state index contributed by atoms with van der Waals surface area (Å²) >= 11 is 0. The Bertz CT molecular complexity index is 573. The Labute approximate surface area is 146 Å². The van der Waals surface area contributed by atoms with Gasteiger partial charge < -0.3 is 15.2 Å². The van der Waals surface area contributed by atoms with Crippen molar-refractivity contribution in [2.75, 3.05) is 13.2 Å². The fourth-order valence-electron chi connectivity index (χ4n) is 4.95. The molecule has 2 saturated carbocycles. The van der Waals surface area contributed by atoms with Crippen molar-refractivity contribution in [2.24, 2.45) is 10.8 Å². The zero-order valence-corrected chi connectivity index (χ0v) is 15.6. The Morgan fingerprint density at radius 2 is 2.00 bits per heavy atom. The van der Waals surface area contributed by atoms with Gasteiger partial charge >= 0.3 is 0 Å². The van der Waals surface area contributed by atoms with Gasteiger partial charge in [-0.25, -0.2) is 0 Å². The maximum atomic E-state index is 10.1. The van der Waals surface area contributed by atoms with Gasteiger partial charge in [0.15, 0.2) is 0 Å². The Morgan fingerprint density at radius 3 is 2.62 bits per heavy atom. The summed E-state index contributed by atoms with van der Waals surface area (Å²) in [5.74, 6) is 1.54. The van der Waals surface area contributed by atoms with Gasteiger partial charge in [-0.1, -0.05) is 45.9 Å². The molecule has 0 aromatic heterocycles. The second kappa shape index (κ2) is 6.68. The normalized spacial score (nSPS) is 33.2. The van der Waals surface area contributed by atoms with Crippen molar-refractivity contribution in [3.05, 3.63) is 29.8 Å². The smallest absolute Gasteiger partial charge is 0.122 e. The zero-order chi connectivity index (χ0) is 17.4. The van der Waals surface area contributed by atoms with Crippen LogP contribution in [0.2, 0.25) is 0 Å². The molecule has 0 saturated heterocycles. The Morgan fingerprint density at radius 1 is 1.25 bits per heavy atom. The first kappa shape index (κ1) is 17.8. The summed E-state index contributed by atoms with van der Waals surface area (Å²) in [7, 11) is 0. The fourth-order valence-corrected chi connectivity index (χ4v) is 4.95. The molecule has 0 radical (unpaired) electrons. The number of nitrogens with one attached hydrogen (secondary N) is 1. The van der Waals surface area contributed by atoms with E-state index in [1.54, 1.807) is 0 Å². The van der Waals surface area contributed by atoms with Crippen molar-refractivity contribution in [3.63, 3.8) is 0 Å². The van der Waals surface area contributed by atoms with Crippen LogP contribution in [0, 0.1) is 10.8 Å². The molecule has 2 aliphatic rings. The molecule has 4 atom stereocenters. The molecule has 0 spiro atoms. The number of hydrogen-bond acceptors (Lipinski definition) is 3. The largest absolute Gasteiger partial charge is 0.491 e. The lowest BCUT2D eigenvalue weighted by molar-refractivity contribution is 0.103. The van der Waals surface area contributed by atoms with Gasteiger partial charge in [0.25, 0.3) is 0 Å². The van der Waals surface area contributed by atoms with Crippen LogP contribution in [0.1, 0.15) is 64.9 Å². The molecule has 2 aliphatic carbocycles. The Hall–Kier alpha value is -1.06. The van der Waals surface area contributed by atoms with E-state index in [9.17, 15) is 5.11 Å². The second-order valence-corrected chi connectivity index (χ2v) is 8.96. The number of ether oxygens (including phenoxy) is 1. The lowest BCUT2D eigenvalue weighted by Gasteiger charge is -2.34.